The fraction of sp³-hybridized carbons (Fsp3) is 0.125. The number of benzene rings is 1. The van der Waals surface area contributed by atoms with Gasteiger partial charge in [0, 0.05) is 8.90 Å². The zero-order chi connectivity index (χ0) is 9.14. The zero-order valence-corrected chi connectivity index (χ0v) is 10.4. The van der Waals surface area contributed by atoms with Crippen molar-refractivity contribution in [1.82, 2.24) is 0 Å². The second-order valence-electron chi connectivity index (χ2n) is 2.18. The van der Waals surface area contributed by atoms with Gasteiger partial charge in [0.25, 0.3) is 0 Å². The van der Waals surface area contributed by atoms with Crippen molar-refractivity contribution in [2.75, 3.05) is 0 Å². The van der Waals surface area contributed by atoms with Crippen LogP contribution in [0, 0.1) is 14.9 Å². The molecule has 0 aliphatic rings. The third-order valence-electron chi connectivity index (χ3n) is 1.36. The van der Waals surface area contributed by atoms with Crippen LogP contribution in [0.3, 0.4) is 0 Å². The molecule has 0 amide bonds. The van der Waals surface area contributed by atoms with Gasteiger partial charge in [0.05, 0.1) is 10.6 Å². The lowest BCUT2D eigenvalue weighted by atomic mass is 10.2. The number of rotatable bonds is 1. The molecule has 0 spiro atoms. The summed E-state index contributed by atoms with van der Waals surface area (Å²) in [6.45, 7) is 0. The van der Waals surface area contributed by atoms with E-state index in [0.29, 0.717) is 10.6 Å². The summed E-state index contributed by atoms with van der Waals surface area (Å²) >= 11 is 11.3. The molecule has 0 radical (unpaired) electrons. The van der Waals surface area contributed by atoms with Gasteiger partial charge >= 0.3 is 0 Å². The molecule has 12 heavy (non-hydrogen) atoms. The van der Waals surface area contributed by atoms with Crippen LogP contribution in [0.1, 0.15) is 11.1 Å². The van der Waals surface area contributed by atoms with Crippen LogP contribution in [-0.2, 0) is 5.33 Å². The van der Waals surface area contributed by atoms with Gasteiger partial charge in [-0.25, -0.2) is 0 Å². The van der Waals surface area contributed by atoms with Crippen molar-refractivity contribution >= 4 is 50.1 Å². The maximum Gasteiger partial charge on any atom is 0.101 e. The zero-order valence-electron chi connectivity index (χ0n) is 5.94. The highest BCUT2D eigenvalue weighted by molar-refractivity contribution is 14.1. The number of nitriles is 1. The number of alkyl halides is 1. The van der Waals surface area contributed by atoms with E-state index in [-0.39, 0.29) is 0 Å². The standard InChI is InChI=1S/C8H4BrClIN/c9-3-5-1-6(4-12)8(10)7(11)2-5/h1-2H,3H2. The largest absolute Gasteiger partial charge is 0.192 e. The van der Waals surface area contributed by atoms with Gasteiger partial charge in [0.2, 0.25) is 0 Å². The van der Waals surface area contributed by atoms with Gasteiger partial charge < -0.3 is 0 Å². The lowest BCUT2D eigenvalue weighted by Crippen LogP contribution is -1.86. The van der Waals surface area contributed by atoms with Gasteiger partial charge in [-0.15, -0.1) is 0 Å². The quantitative estimate of drug-likeness (QED) is 0.556. The minimum absolute atomic E-state index is 0.540. The smallest absolute Gasteiger partial charge is 0.101 e. The van der Waals surface area contributed by atoms with Crippen molar-refractivity contribution in [3.8, 4) is 6.07 Å². The molecule has 0 heterocycles. The van der Waals surface area contributed by atoms with Crippen molar-refractivity contribution in [3.05, 3.63) is 31.9 Å². The van der Waals surface area contributed by atoms with Gasteiger partial charge in [0.1, 0.15) is 6.07 Å². The van der Waals surface area contributed by atoms with Crippen LogP contribution >= 0.6 is 50.1 Å². The van der Waals surface area contributed by atoms with E-state index < -0.39 is 0 Å². The summed E-state index contributed by atoms with van der Waals surface area (Å²) in [6.07, 6.45) is 0. The second-order valence-corrected chi connectivity index (χ2v) is 4.29. The summed E-state index contributed by atoms with van der Waals surface area (Å²) in [7, 11) is 0. The van der Waals surface area contributed by atoms with Gasteiger partial charge in [0.15, 0.2) is 0 Å². The van der Waals surface area contributed by atoms with Gasteiger partial charge in [-0.3, -0.25) is 0 Å². The minimum atomic E-state index is 0.540. The number of hydrogen-bond acceptors (Lipinski definition) is 1. The van der Waals surface area contributed by atoms with Crippen molar-refractivity contribution in [2.24, 2.45) is 0 Å². The summed E-state index contributed by atoms with van der Waals surface area (Å²) < 4.78 is 0.919. The van der Waals surface area contributed by atoms with Crippen LogP contribution in [0.15, 0.2) is 12.1 Å². The minimum Gasteiger partial charge on any atom is -0.192 e. The lowest BCUT2D eigenvalue weighted by molar-refractivity contribution is 1.38. The first kappa shape index (κ1) is 10.3. The van der Waals surface area contributed by atoms with E-state index in [4.69, 9.17) is 16.9 Å². The topological polar surface area (TPSA) is 23.8 Å². The van der Waals surface area contributed by atoms with Crippen molar-refractivity contribution in [3.63, 3.8) is 0 Å². The van der Waals surface area contributed by atoms with E-state index in [2.05, 4.69) is 44.6 Å². The van der Waals surface area contributed by atoms with E-state index in [9.17, 15) is 0 Å². The summed E-state index contributed by atoms with van der Waals surface area (Å²) in [5.41, 5.74) is 1.61. The molecule has 1 aromatic rings. The molecule has 1 nitrogen and oxygen atoms in total. The molecule has 0 N–H and O–H groups in total. The fourth-order valence-electron chi connectivity index (χ4n) is 0.804. The Hall–Kier alpha value is 0.210. The molecule has 0 atom stereocenters. The highest BCUT2D eigenvalue weighted by atomic mass is 127. The molecule has 0 aliphatic heterocycles. The molecule has 1 aromatic carbocycles. The Bertz CT molecular complexity index is 346. The molecule has 1 rings (SSSR count). The lowest BCUT2D eigenvalue weighted by Gasteiger charge is -2.01. The molecule has 4 heteroatoms. The van der Waals surface area contributed by atoms with Crippen LogP contribution in [-0.4, -0.2) is 0 Å². The molecule has 0 saturated carbocycles. The number of hydrogen-bond donors (Lipinski definition) is 0. The molecular formula is C8H4BrClIN. The van der Waals surface area contributed by atoms with E-state index in [0.717, 1.165) is 14.5 Å². The summed E-state index contributed by atoms with van der Waals surface area (Å²) in [5.74, 6) is 0. The SMILES string of the molecule is N#Cc1cc(CBr)cc(I)c1Cl. The molecule has 0 bridgehead atoms. The van der Waals surface area contributed by atoms with E-state index in [1.807, 2.05) is 6.07 Å². The van der Waals surface area contributed by atoms with Crippen molar-refractivity contribution in [1.29, 1.82) is 5.26 Å². The maximum absolute atomic E-state index is 8.71. The van der Waals surface area contributed by atoms with Crippen LogP contribution in [0.25, 0.3) is 0 Å². The average molecular weight is 356 g/mol. The highest BCUT2D eigenvalue weighted by Gasteiger charge is 2.05. The fourth-order valence-corrected chi connectivity index (χ4v) is 1.97. The van der Waals surface area contributed by atoms with Gasteiger partial charge in [-0.2, -0.15) is 5.26 Å². The normalized spacial score (nSPS) is 9.50. The maximum atomic E-state index is 8.71. The Balaban J connectivity index is 3.31. The molecule has 0 aromatic heterocycles. The Morgan fingerprint density at radius 3 is 2.75 bits per heavy atom. The monoisotopic (exact) mass is 355 g/mol. The predicted octanol–water partition coefficient (Wildman–Crippen LogP) is 3.71. The third-order valence-corrected chi connectivity index (χ3v) is 3.59. The van der Waals surface area contributed by atoms with E-state index in [1.54, 1.807) is 6.07 Å². The van der Waals surface area contributed by atoms with E-state index >= 15 is 0 Å². The summed E-state index contributed by atoms with van der Waals surface area (Å²) in [5, 5.41) is 10.00. The van der Waals surface area contributed by atoms with E-state index in [1.165, 1.54) is 0 Å². The first-order chi connectivity index (χ1) is 5.69. The molecule has 0 saturated heterocycles. The Kier molecular flexibility index (Phi) is 3.81. The highest BCUT2D eigenvalue weighted by Crippen LogP contribution is 2.25. The predicted molar refractivity (Wildman–Crippen MR) is 61.5 cm³/mol. The molecule has 62 valence electrons. The number of halogens is 3. The Morgan fingerprint density at radius 1 is 1.58 bits per heavy atom. The van der Waals surface area contributed by atoms with Crippen LogP contribution < -0.4 is 0 Å². The Morgan fingerprint density at radius 2 is 2.25 bits per heavy atom. The third kappa shape index (κ3) is 2.12. The van der Waals surface area contributed by atoms with Gasteiger partial charge in [-0.1, -0.05) is 27.5 Å². The molecule has 0 unspecified atom stereocenters. The molecule has 0 aliphatic carbocycles. The summed E-state index contributed by atoms with van der Waals surface area (Å²) in [4.78, 5) is 0. The van der Waals surface area contributed by atoms with Crippen LogP contribution in [0.2, 0.25) is 5.02 Å². The molecule has 0 fully saturated rings. The first-order valence-electron chi connectivity index (χ1n) is 3.13. The van der Waals surface area contributed by atoms with Gasteiger partial charge in [-0.05, 0) is 40.3 Å². The molecular weight excluding hydrogens is 352 g/mol. The van der Waals surface area contributed by atoms with Crippen molar-refractivity contribution < 1.29 is 0 Å². The first-order valence-corrected chi connectivity index (χ1v) is 5.71. The van der Waals surface area contributed by atoms with Crippen LogP contribution in [0.5, 0.6) is 0 Å². The van der Waals surface area contributed by atoms with Crippen LogP contribution in [0.4, 0.5) is 0 Å². The van der Waals surface area contributed by atoms with Crippen molar-refractivity contribution in [2.45, 2.75) is 5.33 Å². The Labute approximate surface area is 98.0 Å². The second kappa shape index (κ2) is 4.45. The summed E-state index contributed by atoms with van der Waals surface area (Å²) in [6, 6.07) is 5.80. The average Bonchev–Trinajstić information content (AvgIpc) is 2.09. The number of nitrogens with zero attached hydrogens (tertiary/aromatic N) is 1.